The number of rotatable bonds is 5. The monoisotopic (exact) mass is 808 g/mol. The molecule has 2 heterocycles. The molecular weight excluding hydrogens is 765 g/mol. The minimum absolute atomic E-state index is 0.0654. The van der Waals surface area contributed by atoms with Gasteiger partial charge in [-0.05, 0) is 129 Å². The summed E-state index contributed by atoms with van der Waals surface area (Å²) in [5, 5.41) is 4.76. The Bertz CT molecular complexity index is 3680. The average Bonchev–Trinajstić information content (AvgIpc) is 4.00. The molecule has 0 N–H and O–H groups in total. The molecule has 0 fully saturated rings. The molecule has 2 aromatic heterocycles. The molecule has 3 nitrogen and oxygen atoms in total. The van der Waals surface area contributed by atoms with Crippen LogP contribution in [0.2, 0.25) is 0 Å². The van der Waals surface area contributed by atoms with E-state index in [-0.39, 0.29) is 10.8 Å². The molecule has 11 aromatic rings. The average molecular weight is 809 g/mol. The van der Waals surface area contributed by atoms with E-state index < -0.39 is 0 Å². The highest BCUT2D eigenvalue weighted by molar-refractivity contribution is 6.16. The van der Waals surface area contributed by atoms with Crippen LogP contribution in [0.5, 0.6) is 0 Å². The molecule has 13 rings (SSSR count). The fourth-order valence-corrected chi connectivity index (χ4v) is 11.4. The Labute approximate surface area is 367 Å². The molecule has 2 aliphatic carbocycles. The number of furan rings is 1. The van der Waals surface area contributed by atoms with Crippen molar-refractivity contribution in [3.05, 3.63) is 216 Å². The molecule has 0 amide bonds. The lowest BCUT2D eigenvalue weighted by atomic mass is 9.78. The van der Waals surface area contributed by atoms with Gasteiger partial charge in [-0.3, -0.25) is 0 Å². The first kappa shape index (κ1) is 36.1. The van der Waals surface area contributed by atoms with Crippen molar-refractivity contribution < 1.29 is 4.42 Å². The van der Waals surface area contributed by atoms with E-state index in [9.17, 15) is 0 Å². The minimum atomic E-state index is -0.320. The van der Waals surface area contributed by atoms with Crippen molar-refractivity contribution in [1.82, 2.24) is 4.57 Å². The molecule has 0 bridgehead atoms. The molecule has 0 unspecified atom stereocenters. The van der Waals surface area contributed by atoms with E-state index in [1.165, 1.54) is 77.4 Å². The molecule has 0 spiro atoms. The second kappa shape index (κ2) is 13.0. The molecular formula is C60H44N2O. The normalized spacial score (nSPS) is 14.3. The summed E-state index contributed by atoms with van der Waals surface area (Å²) < 4.78 is 9.37. The second-order valence-electron chi connectivity index (χ2n) is 18.5. The van der Waals surface area contributed by atoms with Crippen molar-refractivity contribution in [3.8, 4) is 39.1 Å². The highest BCUT2D eigenvalue weighted by Gasteiger charge is 2.41. The van der Waals surface area contributed by atoms with Crippen LogP contribution < -0.4 is 4.90 Å². The molecule has 0 aliphatic heterocycles. The fraction of sp³-hybridized carbons (Fsp3) is 0.100. The van der Waals surface area contributed by atoms with Crippen molar-refractivity contribution >= 4 is 60.8 Å². The van der Waals surface area contributed by atoms with Crippen LogP contribution in [0.4, 0.5) is 17.1 Å². The highest BCUT2D eigenvalue weighted by atomic mass is 16.3. The maximum Gasteiger partial charge on any atom is 0.143 e. The number of fused-ring (bicyclic) bond motifs is 13. The maximum absolute atomic E-state index is 6.97. The SMILES string of the molecule is CC1(C)c2ccccc2-c2cc(N(c3ccccc3)c3ccc4c(c3)-c3c(c(-c5ccc6c(c5)c5ccccc5n6-c5ccccc5)cc5c3oc3ccccc35)C4(C)C)ccc21. The number of hydrogen-bond donors (Lipinski definition) is 0. The van der Waals surface area contributed by atoms with Crippen molar-refractivity contribution in [3.63, 3.8) is 0 Å². The Morgan fingerprint density at radius 2 is 1.03 bits per heavy atom. The Morgan fingerprint density at radius 3 is 1.83 bits per heavy atom. The fourth-order valence-electron chi connectivity index (χ4n) is 11.4. The van der Waals surface area contributed by atoms with Gasteiger partial charge in [0.05, 0.1) is 11.0 Å². The predicted molar refractivity (Wildman–Crippen MR) is 263 cm³/mol. The molecule has 2 aliphatic rings. The first-order valence-corrected chi connectivity index (χ1v) is 22.1. The molecule has 0 saturated heterocycles. The van der Waals surface area contributed by atoms with Crippen molar-refractivity contribution in [2.45, 2.75) is 38.5 Å². The summed E-state index contributed by atoms with van der Waals surface area (Å²) in [4.78, 5) is 2.43. The molecule has 300 valence electrons. The van der Waals surface area contributed by atoms with E-state index in [1.54, 1.807) is 0 Å². The third-order valence-corrected chi connectivity index (χ3v) is 14.3. The lowest BCUT2D eigenvalue weighted by Crippen LogP contribution is -2.17. The zero-order valence-electron chi connectivity index (χ0n) is 35.8. The Hall–Kier alpha value is -7.62. The van der Waals surface area contributed by atoms with Crippen LogP contribution in [-0.2, 0) is 10.8 Å². The van der Waals surface area contributed by atoms with Gasteiger partial charge in [-0.1, -0.05) is 143 Å². The van der Waals surface area contributed by atoms with Crippen LogP contribution >= 0.6 is 0 Å². The van der Waals surface area contributed by atoms with E-state index in [0.29, 0.717) is 0 Å². The van der Waals surface area contributed by atoms with Crippen molar-refractivity contribution in [2.24, 2.45) is 0 Å². The van der Waals surface area contributed by atoms with Crippen molar-refractivity contribution in [2.75, 3.05) is 4.90 Å². The van der Waals surface area contributed by atoms with E-state index in [4.69, 9.17) is 4.42 Å². The summed E-state index contributed by atoms with van der Waals surface area (Å²) in [6.07, 6.45) is 0. The molecule has 3 heteroatoms. The summed E-state index contributed by atoms with van der Waals surface area (Å²) in [5.41, 5.74) is 21.2. The molecule has 63 heavy (non-hydrogen) atoms. The predicted octanol–water partition coefficient (Wildman–Crippen LogP) is 16.4. The zero-order valence-corrected chi connectivity index (χ0v) is 35.8. The summed E-state index contributed by atoms with van der Waals surface area (Å²) in [7, 11) is 0. The number of nitrogens with zero attached hydrogens (tertiary/aromatic N) is 2. The van der Waals surface area contributed by atoms with Crippen LogP contribution in [0.15, 0.2) is 199 Å². The van der Waals surface area contributed by atoms with E-state index >= 15 is 0 Å². The van der Waals surface area contributed by atoms with Crippen LogP contribution in [0.1, 0.15) is 49.9 Å². The molecule has 0 atom stereocenters. The number of hydrogen-bond acceptors (Lipinski definition) is 2. The second-order valence-corrected chi connectivity index (χ2v) is 18.5. The molecule has 9 aromatic carbocycles. The van der Waals surface area contributed by atoms with E-state index in [0.717, 1.165) is 44.7 Å². The van der Waals surface area contributed by atoms with Gasteiger partial charge in [0.25, 0.3) is 0 Å². The minimum Gasteiger partial charge on any atom is -0.455 e. The lowest BCUT2D eigenvalue weighted by Gasteiger charge is -2.28. The summed E-state index contributed by atoms with van der Waals surface area (Å²) >= 11 is 0. The topological polar surface area (TPSA) is 21.3 Å². The third kappa shape index (κ3) is 5.02. The van der Waals surface area contributed by atoms with Gasteiger partial charge in [-0.25, -0.2) is 0 Å². The van der Waals surface area contributed by atoms with Gasteiger partial charge in [-0.15, -0.1) is 0 Å². The number of benzene rings is 9. The first-order valence-electron chi connectivity index (χ1n) is 22.1. The van der Waals surface area contributed by atoms with Crippen LogP contribution in [0.25, 0.3) is 82.8 Å². The Balaban J connectivity index is 1.05. The van der Waals surface area contributed by atoms with E-state index in [1.807, 2.05) is 0 Å². The van der Waals surface area contributed by atoms with E-state index in [2.05, 4.69) is 231 Å². The number of anilines is 3. The summed E-state index contributed by atoms with van der Waals surface area (Å²) in [6.45, 7) is 9.48. The van der Waals surface area contributed by atoms with Gasteiger partial charge in [0.1, 0.15) is 11.2 Å². The molecule has 0 radical (unpaired) electrons. The smallest absolute Gasteiger partial charge is 0.143 e. The van der Waals surface area contributed by atoms with Crippen LogP contribution in [0.3, 0.4) is 0 Å². The third-order valence-electron chi connectivity index (χ3n) is 14.3. The largest absolute Gasteiger partial charge is 0.455 e. The quantitative estimate of drug-likeness (QED) is 0.173. The summed E-state index contributed by atoms with van der Waals surface area (Å²) in [5.74, 6) is 0. The summed E-state index contributed by atoms with van der Waals surface area (Å²) in [6, 6.07) is 71.4. The lowest BCUT2D eigenvalue weighted by molar-refractivity contribution is 0.654. The Morgan fingerprint density at radius 1 is 0.413 bits per heavy atom. The number of aromatic nitrogens is 1. The van der Waals surface area contributed by atoms with Crippen LogP contribution in [-0.4, -0.2) is 4.57 Å². The molecule has 0 saturated carbocycles. The van der Waals surface area contributed by atoms with Gasteiger partial charge in [0.2, 0.25) is 0 Å². The first-order chi connectivity index (χ1) is 30.8. The zero-order chi connectivity index (χ0) is 42.2. The number of para-hydroxylation sites is 4. The maximum atomic E-state index is 6.97. The highest BCUT2D eigenvalue weighted by Crippen LogP contribution is 2.58. The standard InChI is InChI=1S/C60H44N2O/c1-59(2)50-24-14-11-21-42(50)46-34-40(28-30-51(46)59)61(38-17-7-5-8-18-38)41-29-31-52-49(35-41)56-57(60(52,3)4)45(36-48-44-23-13-16-26-55(44)63-58(48)56)37-27-32-54-47(33-37)43-22-12-15-25-53(43)62(54)39-19-9-6-10-20-39/h5-36H,1-4H3. The van der Waals surface area contributed by atoms with Gasteiger partial charge < -0.3 is 13.9 Å². The van der Waals surface area contributed by atoms with Crippen molar-refractivity contribution in [1.29, 1.82) is 0 Å². The van der Waals surface area contributed by atoms with Gasteiger partial charge in [0.15, 0.2) is 0 Å². The van der Waals surface area contributed by atoms with Gasteiger partial charge in [0, 0.05) is 60.7 Å². The van der Waals surface area contributed by atoms with Crippen LogP contribution in [0, 0.1) is 0 Å². The Kier molecular flexibility index (Phi) is 7.42. The van der Waals surface area contributed by atoms with Gasteiger partial charge >= 0.3 is 0 Å². The van der Waals surface area contributed by atoms with Gasteiger partial charge in [-0.2, -0.15) is 0 Å².